The molecular formula is C19H23N3O2. The molecule has 0 spiro atoms. The van der Waals surface area contributed by atoms with E-state index in [0.717, 1.165) is 11.4 Å². The van der Waals surface area contributed by atoms with Crippen LogP contribution >= 0.6 is 0 Å². The molecule has 0 aliphatic rings. The van der Waals surface area contributed by atoms with Crippen LogP contribution in [0.3, 0.4) is 0 Å². The number of hydrogen-bond donors (Lipinski definition) is 2. The third-order valence-electron chi connectivity index (χ3n) is 3.51. The Morgan fingerprint density at radius 1 is 1.04 bits per heavy atom. The molecule has 2 N–H and O–H groups in total. The standard InChI is InChI=1S/C19H23N3O2/c1-14(2)21-19(24)15-8-7-9-16(12-15)20-13-18(23)22(3)17-10-5-4-6-11-17/h4-12,14,20H,13H2,1-3H3,(H,21,24). The molecular weight excluding hydrogens is 302 g/mol. The summed E-state index contributed by atoms with van der Waals surface area (Å²) >= 11 is 0. The van der Waals surface area contributed by atoms with Crippen LogP contribution in [-0.4, -0.2) is 31.4 Å². The summed E-state index contributed by atoms with van der Waals surface area (Å²) < 4.78 is 0. The van der Waals surface area contributed by atoms with Gasteiger partial charge in [-0.1, -0.05) is 24.3 Å². The van der Waals surface area contributed by atoms with Crippen LogP contribution < -0.4 is 15.5 Å². The first-order valence-corrected chi connectivity index (χ1v) is 7.94. The number of anilines is 2. The molecule has 5 heteroatoms. The van der Waals surface area contributed by atoms with E-state index in [0.29, 0.717) is 5.56 Å². The van der Waals surface area contributed by atoms with E-state index in [1.54, 1.807) is 30.1 Å². The molecule has 0 saturated heterocycles. The number of nitrogens with zero attached hydrogens (tertiary/aromatic N) is 1. The Morgan fingerprint density at radius 2 is 1.75 bits per heavy atom. The molecule has 126 valence electrons. The number of likely N-dealkylation sites (N-methyl/N-ethyl adjacent to an activating group) is 1. The van der Waals surface area contributed by atoms with Gasteiger partial charge in [-0.15, -0.1) is 0 Å². The molecule has 0 aliphatic carbocycles. The van der Waals surface area contributed by atoms with Gasteiger partial charge in [0, 0.05) is 30.0 Å². The van der Waals surface area contributed by atoms with Crippen molar-refractivity contribution < 1.29 is 9.59 Å². The van der Waals surface area contributed by atoms with Gasteiger partial charge in [0.05, 0.1) is 6.54 Å². The highest BCUT2D eigenvalue weighted by Gasteiger charge is 2.11. The Kier molecular flexibility index (Phi) is 5.95. The van der Waals surface area contributed by atoms with Crippen molar-refractivity contribution in [3.8, 4) is 0 Å². The Labute approximate surface area is 142 Å². The molecule has 2 amide bonds. The van der Waals surface area contributed by atoms with E-state index in [-0.39, 0.29) is 24.4 Å². The fourth-order valence-corrected chi connectivity index (χ4v) is 2.21. The zero-order chi connectivity index (χ0) is 17.5. The van der Waals surface area contributed by atoms with Gasteiger partial charge >= 0.3 is 0 Å². The minimum atomic E-state index is -0.124. The monoisotopic (exact) mass is 325 g/mol. The van der Waals surface area contributed by atoms with E-state index in [4.69, 9.17) is 0 Å². The SMILES string of the molecule is CC(C)NC(=O)c1cccc(NCC(=O)N(C)c2ccccc2)c1. The third kappa shape index (κ3) is 4.84. The van der Waals surface area contributed by atoms with Crippen molar-refractivity contribution in [1.29, 1.82) is 0 Å². The van der Waals surface area contributed by atoms with Gasteiger partial charge < -0.3 is 15.5 Å². The van der Waals surface area contributed by atoms with Gasteiger partial charge in [0.2, 0.25) is 5.91 Å². The smallest absolute Gasteiger partial charge is 0.251 e. The molecule has 5 nitrogen and oxygen atoms in total. The van der Waals surface area contributed by atoms with Crippen molar-refractivity contribution in [2.24, 2.45) is 0 Å². The number of nitrogens with one attached hydrogen (secondary N) is 2. The molecule has 0 heterocycles. The lowest BCUT2D eigenvalue weighted by atomic mass is 10.1. The van der Waals surface area contributed by atoms with Crippen LogP contribution in [-0.2, 0) is 4.79 Å². The summed E-state index contributed by atoms with van der Waals surface area (Å²) in [6.45, 7) is 3.98. The summed E-state index contributed by atoms with van der Waals surface area (Å²) in [6.07, 6.45) is 0. The molecule has 0 aromatic heterocycles. The molecule has 2 aromatic carbocycles. The fraction of sp³-hybridized carbons (Fsp3) is 0.263. The number of hydrogen-bond acceptors (Lipinski definition) is 3. The number of carbonyl (C=O) groups is 2. The van der Waals surface area contributed by atoms with Crippen LogP contribution in [0, 0.1) is 0 Å². The quantitative estimate of drug-likeness (QED) is 0.858. The van der Waals surface area contributed by atoms with Crippen molar-refractivity contribution in [1.82, 2.24) is 5.32 Å². The first-order valence-electron chi connectivity index (χ1n) is 7.94. The lowest BCUT2D eigenvalue weighted by Gasteiger charge is -2.18. The molecule has 0 bridgehead atoms. The van der Waals surface area contributed by atoms with Crippen molar-refractivity contribution in [2.45, 2.75) is 19.9 Å². The van der Waals surface area contributed by atoms with Crippen LogP contribution in [0.25, 0.3) is 0 Å². The molecule has 2 aromatic rings. The second-order valence-corrected chi connectivity index (χ2v) is 5.85. The van der Waals surface area contributed by atoms with Gasteiger partial charge in [-0.25, -0.2) is 0 Å². The summed E-state index contributed by atoms with van der Waals surface area (Å²) in [5, 5.41) is 5.92. The summed E-state index contributed by atoms with van der Waals surface area (Å²) in [5.41, 5.74) is 2.15. The Balaban J connectivity index is 1.97. The number of benzene rings is 2. The molecule has 2 rings (SSSR count). The highest BCUT2D eigenvalue weighted by molar-refractivity contribution is 5.97. The molecule has 0 saturated carbocycles. The van der Waals surface area contributed by atoms with Crippen LogP contribution in [0.1, 0.15) is 24.2 Å². The Hall–Kier alpha value is -2.82. The van der Waals surface area contributed by atoms with Crippen molar-refractivity contribution in [3.63, 3.8) is 0 Å². The summed E-state index contributed by atoms with van der Waals surface area (Å²) in [5.74, 6) is -0.181. The minimum absolute atomic E-state index is 0.0572. The highest BCUT2D eigenvalue weighted by atomic mass is 16.2. The van der Waals surface area contributed by atoms with Gasteiger partial charge in [-0.05, 0) is 44.2 Å². The molecule has 0 aliphatic heterocycles. The minimum Gasteiger partial charge on any atom is -0.376 e. The Bertz CT molecular complexity index is 699. The molecule has 0 fully saturated rings. The second kappa shape index (κ2) is 8.15. The Morgan fingerprint density at radius 3 is 2.42 bits per heavy atom. The van der Waals surface area contributed by atoms with Crippen molar-refractivity contribution in [3.05, 3.63) is 60.2 Å². The van der Waals surface area contributed by atoms with E-state index >= 15 is 0 Å². The average Bonchev–Trinajstić information content (AvgIpc) is 2.59. The third-order valence-corrected chi connectivity index (χ3v) is 3.51. The zero-order valence-corrected chi connectivity index (χ0v) is 14.2. The van der Waals surface area contributed by atoms with E-state index in [1.165, 1.54) is 0 Å². The molecule has 0 unspecified atom stereocenters. The van der Waals surface area contributed by atoms with E-state index in [9.17, 15) is 9.59 Å². The molecule has 24 heavy (non-hydrogen) atoms. The second-order valence-electron chi connectivity index (χ2n) is 5.85. The van der Waals surface area contributed by atoms with Gasteiger partial charge in [-0.3, -0.25) is 9.59 Å². The maximum atomic E-state index is 12.3. The average molecular weight is 325 g/mol. The van der Waals surface area contributed by atoms with Crippen LogP contribution in [0.5, 0.6) is 0 Å². The maximum Gasteiger partial charge on any atom is 0.251 e. The highest BCUT2D eigenvalue weighted by Crippen LogP contribution is 2.13. The summed E-state index contributed by atoms with van der Waals surface area (Å²) in [7, 11) is 1.74. The van der Waals surface area contributed by atoms with Gasteiger partial charge in [0.1, 0.15) is 0 Å². The van der Waals surface area contributed by atoms with E-state index in [2.05, 4.69) is 10.6 Å². The number of rotatable bonds is 6. The van der Waals surface area contributed by atoms with Crippen LogP contribution in [0.4, 0.5) is 11.4 Å². The van der Waals surface area contributed by atoms with Crippen LogP contribution in [0.2, 0.25) is 0 Å². The largest absolute Gasteiger partial charge is 0.376 e. The number of carbonyl (C=O) groups excluding carboxylic acids is 2. The predicted molar refractivity (Wildman–Crippen MR) is 97.4 cm³/mol. The summed E-state index contributed by atoms with van der Waals surface area (Å²) in [6, 6.07) is 16.7. The van der Waals surface area contributed by atoms with Crippen LogP contribution in [0.15, 0.2) is 54.6 Å². The fourth-order valence-electron chi connectivity index (χ4n) is 2.21. The molecule has 0 radical (unpaired) electrons. The van der Waals surface area contributed by atoms with Crippen molar-refractivity contribution in [2.75, 3.05) is 23.8 Å². The first-order chi connectivity index (χ1) is 11.5. The normalized spacial score (nSPS) is 10.3. The van der Waals surface area contributed by atoms with Gasteiger partial charge in [-0.2, -0.15) is 0 Å². The van der Waals surface area contributed by atoms with Gasteiger partial charge in [0.25, 0.3) is 5.91 Å². The zero-order valence-electron chi connectivity index (χ0n) is 14.2. The lowest BCUT2D eigenvalue weighted by Crippen LogP contribution is -2.32. The lowest BCUT2D eigenvalue weighted by molar-refractivity contribution is -0.116. The van der Waals surface area contributed by atoms with E-state index in [1.807, 2.05) is 50.2 Å². The number of amides is 2. The number of para-hydroxylation sites is 1. The first kappa shape index (κ1) is 17.5. The van der Waals surface area contributed by atoms with Crippen molar-refractivity contribution >= 4 is 23.2 Å². The topological polar surface area (TPSA) is 61.4 Å². The summed E-state index contributed by atoms with van der Waals surface area (Å²) in [4.78, 5) is 25.9. The maximum absolute atomic E-state index is 12.3. The van der Waals surface area contributed by atoms with Gasteiger partial charge in [0.15, 0.2) is 0 Å². The molecule has 0 atom stereocenters. The predicted octanol–water partition coefficient (Wildman–Crippen LogP) is 2.90. The van der Waals surface area contributed by atoms with E-state index < -0.39 is 0 Å².